The van der Waals surface area contributed by atoms with E-state index in [-0.39, 0.29) is 24.5 Å². The van der Waals surface area contributed by atoms with Crippen molar-refractivity contribution < 1.29 is 105 Å². The van der Waals surface area contributed by atoms with Crippen molar-refractivity contribution in [3.05, 3.63) is 124 Å². The number of carbonyl (C=O) groups is 4. The average molecular weight is 1510 g/mol. The third-order valence-corrected chi connectivity index (χ3v) is 12.8. The SMILES string of the molecule is C.CC(=O)Nc1cccc2c1C(=O)OC2=O.CC(=O)O.CCN.CCN.CCN.CCOc1cc(C#N)ccc1OC.CS(C)(=O)=O.[2H]C(N)(CS(C)(=O)=O)c1ccc(OC)c(OCC)c1.[2H][C@](N)(CS(C)(=O)=O)c1ccc(OC)c(OCC)c1.[2H][C@](N)(CS(C)(=O)=O)c1ccc(OC)c(OCC)c1. The van der Waals surface area contributed by atoms with Crippen molar-refractivity contribution in [3.63, 3.8) is 0 Å². The highest BCUT2D eigenvalue weighted by Gasteiger charge is 2.32. The molecule has 1 heterocycles. The highest BCUT2D eigenvalue weighted by atomic mass is 32.2. The molecule has 0 bridgehead atoms. The van der Waals surface area contributed by atoms with Gasteiger partial charge < -0.3 is 87.5 Å². The molecular weight excluding hydrogens is 1400 g/mol. The van der Waals surface area contributed by atoms with E-state index in [0.29, 0.717) is 100 Å². The largest absolute Gasteiger partial charge is 0.493 e. The van der Waals surface area contributed by atoms with Gasteiger partial charge in [0.05, 0.1) is 105 Å². The number of cyclic esters (lactones) is 2. The summed E-state index contributed by atoms with van der Waals surface area (Å²) in [5, 5.41) is 18.5. The highest BCUT2D eigenvalue weighted by Crippen LogP contribution is 2.33. The maximum atomic E-state index is 11.3. The number of benzene rings is 5. The van der Waals surface area contributed by atoms with Crippen LogP contribution in [0, 0.1) is 11.3 Å². The Labute approximate surface area is 602 Å². The molecule has 6 rings (SSSR count). The topological polar surface area (TPSA) is 500 Å². The van der Waals surface area contributed by atoms with Crippen LogP contribution in [0.1, 0.15) is 135 Å². The predicted octanol–water partition coefficient (Wildman–Crippen LogP) is 6.62. The van der Waals surface area contributed by atoms with Crippen LogP contribution < -0.4 is 77.6 Å². The van der Waals surface area contributed by atoms with Gasteiger partial charge in [0.1, 0.15) is 39.3 Å². The number of methoxy groups -OCH3 is 4. The lowest BCUT2D eigenvalue weighted by molar-refractivity contribution is -0.134. The minimum Gasteiger partial charge on any atom is -0.493 e. The van der Waals surface area contributed by atoms with Gasteiger partial charge in [0.15, 0.2) is 46.0 Å². The Hall–Kier alpha value is -8.37. The molecule has 1 amide bonds. The monoisotopic (exact) mass is 1510 g/mol. The summed E-state index contributed by atoms with van der Waals surface area (Å²) in [4.78, 5) is 42.3. The summed E-state index contributed by atoms with van der Waals surface area (Å²) in [7, 11) is -6.65. The number of carbonyl (C=O) groups excluding carboxylic acids is 3. The summed E-state index contributed by atoms with van der Waals surface area (Å²) in [6.07, 6.45) is 5.47. The van der Waals surface area contributed by atoms with Crippen molar-refractivity contribution in [1.82, 2.24) is 0 Å². The number of fused-ring (bicyclic) bond motifs is 1. The van der Waals surface area contributed by atoms with Crippen LogP contribution in [0.25, 0.3) is 0 Å². The van der Waals surface area contributed by atoms with E-state index in [1.807, 2.05) is 54.5 Å². The Morgan fingerprint density at radius 2 is 0.782 bits per heavy atom. The maximum Gasteiger partial charge on any atom is 0.349 e. The number of nitrogens with two attached hydrogens (primary N) is 6. The van der Waals surface area contributed by atoms with Crippen molar-refractivity contribution >= 4 is 68.9 Å². The number of nitrogens with one attached hydrogen (secondary N) is 1. The molecule has 3 atom stereocenters. The molecule has 0 saturated carbocycles. The number of carboxylic acid groups (broad SMARTS) is 1. The van der Waals surface area contributed by atoms with E-state index >= 15 is 0 Å². The van der Waals surface area contributed by atoms with Crippen molar-refractivity contribution in [2.75, 3.05) is 128 Å². The summed E-state index contributed by atoms with van der Waals surface area (Å²) >= 11 is 0. The van der Waals surface area contributed by atoms with Gasteiger partial charge in [-0.05, 0) is 125 Å². The number of hydrogen-bond donors (Lipinski definition) is 8. The normalized spacial score (nSPS) is 12.9. The Morgan fingerprint density at radius 1 is 0.515 bits per heavy atom. The van der Waals surface area contributed by atoms with E-state index in [0.717, 1.165) is 57.8 Å². The van der Waals surface area contributed by atoms with Crippen molar-refractivity contribution in [1.29, 1.82) is 5.26 Å². The summed E-state index contributed by atoms with van der Waals surface area (Å²) in [5.41, 5.74) is 34.1. The number of nitriles is 1. The molecular formula is C67H110N8O22S4. The summed E-state index contributed by atoms with van der Waals surface area (Å²) in [6, 6.07) is 20.7. The summed E-state index contributed by atoms with van der Waals surface area (Å²) in [5.74, 6) is 0.215. The molecule has 1 unspecified atom stereocenters. The van der Waals surface area contributed by atoms with Crippen LogP contribution in [0.3, 0.4) is 0 Å². The van der Waals surface area contributed by atoms with Gasteiger partial charge in [-0.25, -0.2) is 43.3 Å². The lowest BCUT2D eigenvalue weighted by atomic mass is 10.1. The lowest BCUT2D eigenvalue weighted by Crippen LogP contribution is -2.20. The lowest BCUT2D eigenvalue weighted by Gasteiger charge is -2.15. The van der Waals surface area contributed by atoms with E-state index in [9.17, 15) is 48.1 Å². The summed E-state index contributed by atoms with van der Waals surface area (Å²) in [6.45, 7) is 19.6. The molecule has 0 radical (unpaired) electrons. The molecule has 30 nitrogen and oxygen atoms in total. The van der Waals surface area contributed by atoms with Gasteiger partial charge in [-0.2, -0.15) is 5.26 Å². The van der Waals surface area contributed by atoms with Crippen molar-refractivity contribution in [2.45, 2.75) is 87.8 Å². The van der Waals surface area contributed by atoms with E-state index < -0.39 is 92.6 Å². The first-order valence-corrected chi connectivity index (χ1v) is 38.6. The molecule has 101 heavy (non-hydrogen) atoms. The van der Waals surface area contributed by atoms with E-state index in [4.69, 9.17) is 91.6 Å². The standard InChI is InChI=1S/3C12H19NO4S.C10H7NO4.C10H11NO2.3C2H7N.C2H6O2S.C2H4O2.CH4/c3*1-4-17-12-7-9(5-6-11(12)16-2)10(13)8-18(3,14)15;1-5(12)11-7-4-2-3-6-8(7)10(14)15-9(6)13;1-3-13-10-6-8(7-11)4-5-9(10)12-2;3*1-2-3;1-5(2,3)4;1-2(3)4;/h3*5-7,10H,4,8,13H2,1-3H3;2-4H,1H3,(H,11,12);4-6H,3H2,1-2H3;3*2-3H2,1H3;1-2H3;1H3,(H,3,4);1H4/t2*10-;;;;;;;;;/m00........./s1/i3*10D;;;;;;;;. The molecule has 34 heteroatoms. The zero-order valence-electron chi connectivity index (χ0n) is 63.3. The molecule has 1 aliphatic heterocycles. The fourth-order valence-corrected chi connectivity index (χ4v) is 9.17. The fraction of sp³-hybridized carbons (Fsp3) is 0.478. The number of nitrogens with zero attached hydrogens (tertiary/aromatic N) is 1. The number of sulfone groups is 4. The smallest absolute Gasteiger partial charge is 0.349 e. The zero-order valence-corrected chi connectivity index (χ0v) is 63.6. The van der Waals surface area contributed by atoms with Gasteiger partial charge in [-0.3, -0.25) is 9.59 Å². The molecule has 5 aromatic carbocycles. The third-order valence-electron chi connectivity index (χ3n) is 10.3. The molecule has 0 spiro atoms. The second kappa shape index (κ2) is 54.4. The van der Waals surface area contributed by atoms with Crippen LogP contribution in [0.4, 0.5) is 5.69 Å². The Bertz CT molecular complexity index is 3690. The average Bonchev–Trinajstić information content (AvgIpc) is 1.39. The maximum absolute atomic E-state index is 11.3. The number of ether oxygens (including phenoxy) is 9. The summed E-state index contributed by atoms with van der Waals surface area (Å²) < 4.78 is 157. The van der Waals surface area contributed by atoms with Crippen LogP contribution in [-0.4, -0.2) is 186 Å². The van der Waals surface area contributed by atoms with Crippen LogP contribution in [0.2, 0.25) is 0 Å². The zero-order chi connectivity index (χ0) is 80.9. The van der Waals surface area contributed by atoms with Crippen LogP contribution in [0.5, 0.6) is 46.0 Å². The van der Waals surface area contributed by atoms with Gasteiger partial charge in [-0.1, -0.05) is 52.5 Å². The number of amides is 1. The van der Waals surface area contributed by atoms with E-state index in [1.54, 1.807) is 92.0 Å². The highest BCUT2D eigenvalue weighted by molar-refractivity contribution is 7.91. The van der Waals surface area contributed by atoms with Gasteiger partial charge in [-0.15, -0.1) is 0 Å². The minimum absolute atomic E-state index is 0. The molecule has 5 aromatic rings. The van der Waals surface area contributed by atoms with Crippen molar-refractivity contribution in [2.24, 2.45) is 34.4 Å². The first-order chi connectivity index (χ1) is 47.5. The Kier molecular flexibility index (Phi) is 51.0. The number of hydrogen-bond acceptors (Lipinski definition) is 28. The second-order valence-electron chi connectivity index (χ2n) is 20.1. The minimum atomic E-state index is -3.36. The third kappa shape index (κ3) is 48.9. The van der Waals surface area contributed by atoms with Crippen molar-refractivity contribution in [3.8, 4) is 52.1 Å². The Balaban J connectivity index is -0.000000371. The molecule has 574 valence electrons. The quantitative estimate of drug-likeness (QED) is 0.0266. The van der Waals surface area contributed by atoms with Crippen LogP contribution in [0.15, 0.2) is 91.0 Å². The molecule has 14 N–H and O–H groups in total. The van der Waals surface area contributed by atoms with Gasteiger partial charge in [0, 0.05) is 69.2 Å². The molecule has 0 fully saturated rings. The first-order valence-electron chi connectivity index (χ1n) is 31.6. The number of anilines is 1. The van der Waals surface area contributed by atoms with Crippen LogP contribution >= 0.6 is 0 Å². The van der Waals surface area contributed by atoms with Gasteiger partial charge in [0.25, 0.3) is 5.97 Å². The first kappa shape index (κ1) is 94.7. The van der Waals surface area contributed by atoms with Gasteiger partial charge >= 0.3 is 11.9 Å². The van der Waals surface area contributed by atoms with E-state index in [1.165, 1.54) is 34.3 Å². The number of aliphatic carboxylic acids is 1. The molecule has 1 aliphatic rings. The molecule has 0 aromatic heterocycles. The number of carboxylic acids is 1. The van der Waals surface area contributed by atoms with Gasteiger partial charge in [0.2, 0.25) is 5.91 Å². The predicted molar refractivity (Wildman–Crippen MR) is 397 cm³/mol. The second-order valence-corrected chi connectivity index (χ2v) is 28.8. The molecule has 0 aliphatic carbocycles. The number of rotatable bonds is 22. The van der Waals surface area contributed by atoms with E-state index in [2.05, 4.69) is 10.1 Å². The molecule has 0 saturated heterocycles. The number of esters is 2. The Morgan fingerprint density at radius 3 is 1.02 bits per heavy atom. The van der Waals surface area contributed by atoms with Crippen LogP contribution in [-0.2, 0) is 53.7 Å². The fourth-order valence-electron chi connectivity index (χ4n) is 6.97.